The van der Waals surface area contributed by atoms with Crippen LogP contribution in [0.15, 0.2) is 48.5 Å². The van der Waals surface area contributed by atoms with Crippen molar-refractivity contribution in [2.45, 2.75) is 11.8 Å². The van der Waals surface area contributed by atoms with Crippen LogP contribution in [0, 0.1) is 0 Å². The number of aliphatic hydroxyl groups excluding tert-OH is 2. The van der Waals surface area contributed by atoms with Crippen LogP contribution in [-0.2, 0) is 11.8 Å². The molecular formula is C16H16Cl2O2. The molecule has 2 rings (SSSR count). The van der Waals surface area contributed by atoms with Gasteiger partial charge in [-0.05, 0) is 29.7 Å². The summed E-state index contributed by atoms with van der Waals surface area (Å²) >= 11 is 12.1. The molecule has 0 amide bonds. The number of aliphatic hydroxyl groups is 2. The van der Waals surface area contributed by atoms with E-state index in [-0.39, 0.29) is 13.2 Å². The first kappa shape index (κ1) is 15.3. The molecule has 2 aromatic rings. The molecule has 20 heavy (non-hydrogen) atoms. The van der Waals surface area contributed by atoms with E-state index >= 15 is 0 Å². The second kappa shape index (κ2) is 6.59. The van der Waals surface area contributed by atoms with E-state index < -0.39 is 5.41 Å². The second-order valence-corrected chi connectivity index (χ2v) is 5.72. The highest BCUT2D eigenvalue weighted by atomic mass is 35.5. The molecule has 0 heterocycles. The molecule has 0 aliphatic heterocycles. The van der Waals surface area contributed by atoms with E-state index in [2.05, 4.69) is 0 Å². The molecular weight excluding hydrogens is 295 g/mol. The highest BCUT2D eigenvalue weighted by Gasteiger charge is 2.31. The lowest BCUT2D eigenvalue weighted by atomic mass is 9.77. The van der Waals surface area contributed by atoms with Crippen LogP contribution in [0.4, 0.5) is 0 Å². The molecule has 0 saturated carbocycles. The zero-order valence-corrected chi connectivity index (χ0v) is 12.4. The molecule has 0 saturated heterocycles. The predicted octanol–water partition coefficient (Wildman–Crippen LogP) is 3.46. The van der Waals surface area contributed by atoms with Gasteiger partial charge in [0.15, 0.2) is 0 Å². The van der Waals surface area contributed by atoms with E-state index in [4.69, 9.17) is 23.2 Å². The van der Waals surface area contributed by atoms with Gasteiger partial charge in [-0.2, -0.15) is 0 Å². The van der Waals surface area contributed by atoms with Crippen molar-refractivity contribution < 1.29 is 10.2 Å². The third-order valence-corrected chi connectivity index (χ3v) is 4.12. The fourth-order valence-corrected chi connectivity index (χ4v) is 2.74. The van der Waals surface area contributed by atoms with Crippen molar-refractivity contribution >= 4 is 23.2 Å². The van der Waals surface area contributed by atoms with E-state index in [1.807, 2.05) is 36.4 Å². The molecule has 0 unspecified atom stereocenters. The second-order valence-electron chi connectivity index (χ2n) is 4.88. The Bertz CT molecular complexity index is 566. The Kier molecular flexibility index (Phi) is 5.06. The van der Waals surface area contributed by atoms with Crippen molar-refractivity contribution in [3.05, 3.63) is 69.7 Å². The summed E-state index contributed by atoms with van der Waals surface area (Å²) in [5.41, 5.74) is 0.984. The van der Waals surface area contributed by atoms with Crippen LogP contribution in [0.3, 0.4) is 0 Å². The Morgan fingerprint density at radius 1 is 0.900 bits per heavy atom. The summed E-state index contributed by atoms with van der Waals surface area (Å²) in [6.07, 6.45) is 0.444. The molecule has 106 valence electrons. The van der Waals surface area contributed by atoms with Gasteiger partial charge in [0.25, 0.3) is 0 Å². The molecule has 0 fully saturated rings. The summed E-state index contributed by atoms with van der Waals surface area (Å²) in [6.45, 7) is -0.320. The summed E-state index contributed by atoms with van der Waals surface area (Å²) in [7, 11) is 0. The Labute approximate surface area is 128 Å². The Balaban J connectivity index is 2.39. The maximum absolute atomic E-state index is 9.81. The maximum Gasteiger partial charge on any atom is 0.0553 e. The van der Waals surface area contributed by atoms with Crippen LogP contribution < -0.4 is 0 Å². The molecule has 2 N–H and O–H groups in total. The highest BCUT2D eigenvalue weighted by molar-refractivity contribution is 6.35. The zero-order valence-electron chi connectivity index (χ0n) is 10.9. The maximum atomic E-state index is 9.81. The largest absolute Gasteiger partial charge is 0.395 e. The Morgan fingerprint density at radius 3 is 2.10 bits per heavy atom. The normalized spacial score (nSPS) is 11.6. The van der Waals surface area contributed by atoms with Crippen molar-refractivity contribution in [3.8, 4) is 0 Å². The fraction of sp³-hybridized carbons (Fsp3) is 0.250. The number of halogens is 2. The number of rotatable bonds is 5. The van der Waals surface area contributed by atoms with Gasteiger partial charge in [0, 0.05) is 15.5 Å². The van der Waals surface area contributed by atoms with Crippen molar-refractivity contribution in [1.29, 1.82) is 0 Å². The third kappa shape index (κ3) is 3.15. The summed E-state index contributed by atoms with van der Waals surface area (Å²) in [5.74, 6) is 0. The molecule has 0 aromatic heterocycles. The van der Waals surface area contributed by atoms with Gasteiger partial charge in [-0.1, -0.05) is 59.6 Å². The van der Waals surface area contributed by atoms with Crippen molar-refractivity contribution in [2.24, 2.45) is 0 Å². The number of hydrogen-bond donors (Lipinski definition) is 2. The smallest absolute Gasteiger partial charge is 0.0553 e. The average molecular weight is 311 g/mol. The van der Waals surface area contributed by atoms with E-state index in [1.54, 1.807) is 12.1 Å². The standard InChI is InChI=1S/C16H16Cl2O2/c17-14-7-6-12(15(18)8-14)9-16(10-19,11-20)13-4-2-1-3-5-13/h1-8,19-20H,9-11H2. The Hall–Kier alpha value is -1.06. The van der Waals surface area contributed by atoms with Gasteiger partial charge in [0.1, 0.15) is 0 Å². The zero-order chi connectivity index (χ0) is 14.6. The monoisotopic (exact) mass is 310 g/mol. The molecule has 0 bridgehead atoms. The van der Waals surface area contributed by atoms with E-state index in [9.17, 15) is 10.2 Å². The minimum absolute atomic E-state index is 0.160. The summed E-state index contributed by atoms with van der Waals surface area (Å²) in [4.78, 5) is 0. The molecule has 2 aromatic carbocycles. The lowest BCUT2D eigenvalue weighted by molar-refractivity contribution is 0.116. The van der Waals surface area contributed by atoms with Gasteiger partial charge >= 0.3 is 0 Å². The van der Waals surface area contributed by atoms with Crippen LogP contribution in [0.1, 0.15) is 11.1 Å². The highest BCUT2D eigenvalue weighted by Crippen LogP contribution is 2.31. The summed E-state index contributed by atoms with van der Waals surface area (Å²) in [6, 6.07) is 14.7. The van der Waals surface area contributed by atoms with E-state index in [0.29, 0.717) is 16.5 Å². The van der Waals surface area contributed by atoms with Gasteiger partial charge in [-0.15, -0.1) is 0 Å². The minimum Gasteiger partial charge on any atom is -0.395 e. The van der Waals surface area contributed by atoms with Crippen LogP contribution in [0.5, 0.6) is 0 Å². The average Bonchev–Trinajstić information content (AvgIpc) is 2.48. The Morgan fingerprint density at radius 2 is 1.55 bits per heavy atom. The number of hydrogen-bond acceptors (Lipinski definition) is 2. The van der Waals surface area contributed by atoms with Gasteiger partial charge < -0.3 is 10.2 Å². The molecule has 2 nitrogen and oxygen atoms in total. The minimum atomic E-state index is -0.751. The van der Waals surface area contributed by atoms with Crippen LogP contribution in [0.25, 0.3) is 0 Å². The van der Waals surface area contributed by atoms with Crippen LogP contribution >= 0.6 is 23.2 Å². The predicted molar refractivity (Wildman–Crippen MR) is 82.5 cm³/mol. The van der Waals surface area contributed by atoms with Gasteiger partial charge in [0.05, 0.1) is 13.2 Å². The van der Waals surface area contributed by atoms with Crippen molar-refractivity contribution in [1.82, 2.24) is 0 Å². The van der Waals surface area contributed by atoms with Gasteiger partial charge in [-0.25, -0.2) is 0 Å². The first-order valence-electron chi connectivity index (χ1n) is 6.32. The quantitative estimate of drug-likeness (QED) is 0.888. The number of benzene rings is 2. The summed E-state index contributed by atoms with van der Waals surface area (Å²) < 4.78 is 0. The lowest BCUT2D eigenvalue weighted by Crippen LogP contribution is -2.37. The van der Waals surface area contributed by atoms with Gasteiger partial charge in [-0.3, -0.25) is 0 Å². The molecule has 0 spiro atoms. The van der Waals surface area contributed by atoms with Crippen molar-refractivity contribution in [2.75, 3.05) is 13.2 Å². The molecule has 0 atom stereocenters. The molecule has 0 aliphatic carbocycles. The topological polar surface area (TPSA) is 40.5 Å². The third-order valence-electron chi connectivity index (χ3n) is 3.54. The molecule has 0 aliphatic rings. The van der Waals surface area contributed by atoms with E-state index in [0.717, 1.165) is 11.1 Å². The molecule has 0 radical (unpaired) electrons. The SMILES string of the molecule is OCC(CO)(Cc1ccc(Cl)cc1Cl)c1ccccc1. The lowest BCUT2D eigenvalue weighted by Gasteiger charge is -2.31. The summed E-state index contributed by atoms with van der Waals surface area (Å²) in [5, 5.41) is 20.7. The molecule has 4 heteroatoms. The van der Waals surface area contributed by atoms with Crippen molar-refractivity contribution in [3.63, 3.8) is 0 Å². The first-order valence-corrected chi connectivity index (χ1v) is 7.08. The van der Waals surface area contributed by atoms with Crippen LogP contribution in [-0.4, -0.2) is 23.4 Å². The van der Waals surface area contributed by atoms with Crippen LogP contribution in [0.2, 0.25) is 10.0 Å². The first-order chi connectivity index (χ1) is 9.61. The van der Waals surface area contributed by atoms with E-state index in [1.165, 1.54) is 0 Å². The fourth-order valence-electron chi connectivity index (χ4n) is 2.27. The van der Waals surface area contributed by atoms with Gasteiger partial charge in [0.2, 0.25) is 0 Å².